The lowest BCUT2D eigenvalue weighted by Crippen LogP contribution is -2.44. The van der Waals surface area contributed by atoms with Crippen LogP contribution in [-0.4, -0.2) is 46.3 Å². The minimum Gasteiger partial charge on any atom is -0.476 e. The van der Waals surface area contributed by atoms with Gasteiger partial charge in [0.05, 0.1) is 22.1 Å². The van der Waals surface area contributed by atoms with Crippen LogP contribution in [0.15, 0.2) is 0 Å². The molecule has 1 saturated heterocycles. The minimum atomic E-state index is -0.941. The minimum absolute atomic E-state index is 0.191. The van der Waals surface area contributed by atoms with Crippen molar-refractivity contribution in [2.75, 3.05) is 13.1 Å². The highest BCUT2D eigenvalue weighted by Crippen LogP contribution is 2.22. The van der Waals surface area contributed by atoms with Gasteiger partial charge in [-0.15, -0.1) is 11.3 Å². The highest BCUT2D eigenvalue weighted by molar-refractivity contribution is 7.11. The van der Waals surface area contributed by atoms with E-state index in [1.807, 2.05) is 20.8 Å². The van der Waals surface area contributed by atoms with Gasteiger partial charge in [0.2, 0.25) is 0 Å². The second-order valence-electron chi connectivity index (χ2n) is 4.76. The molecule has 0 radical (unpaired) electrons. The van der Waals surface area contributed by atoms with Crippen molar-refractivity contribution in [2.45, 2.75) is 39.5 Å². The van der Waals surface area contributed by atoms with Gasteiger partial charge in [-0.3, -0.25) is 4.90 Å². The Labute approximate surface area is 110 Å². The SMILES string of the molecule is Cc1nc(C(=O)O)c(CN2CC(C)OC(C)C2)s1. The average molecular weight is 270 g/mol. The monoisotopic (exact) mass is 270 g/mol. The fraction of sp³-hybridized carbons (Fsp3) is 0.667. The molecule has 0 amide bonds. The van der Waals surface area contributed by atoms with Crippen molar-refractivity contribution < 1.29 is 14.6 Å². The van der Waals surface area contributed by atoms with E-state index in [-0.39, 0.29) is 17.9 Å². The van der Waals surface area contributed by atoms with E-state index in [4.69, 9.17) is 9.84 Å². The lowest BCUT2D eigenvalue weighted by Gasteiger charge is -2.35. The van der Waals surface area contributed by atoms with Crippen LogP contribution in [0.3, 0.4) is 0 Å². The quantitative estimate of drug-likeness (QED) is 0.906. The summed E-state index contributed by atoms with van der Waals surface area (Å²) in [7, 11) is 0. The number of rotatable bonds is 3. The predicted molar refractivity (Wildman–Crippen MR) is 69.1 cm³/mol. The van der Waals surface area contributed by atoms with E-state index in [9.17, 15) is 4.79 Å². The lowest BCUT2D eigenvalue weighted by molar-refractivity contribution is -0.0702. The first-order chi connectivity index (χ1) is 8.45. The van der Waals surface area contributed by atoms with E-state index >= 15 is 0 Å². The van der Waals surface area contributed by atoms with Crippen LogP contribution in [0.5, 0.6) is 0 Å². The summed E-state index contributed by atoms with van der Waals surface area (Å²) in [6.45, 7) is 8.23. The number of thiazole rings is 1. The number of carboxylic acid groups (broad SMARTS) is 1. The Morgan fingerprint density at radius 3 is 2.67 bits per heavy atom. The first-order valence-electron chi connectivity index (χ1n) is 6.03. The van der Waals surface area contributed by atoms with Crippen LogP contribution in [0.2, 0.25) is 0 Å². The molecule has 0 saturated carbocycles. The van der Waals surface area contributed by atoms with Crippen LogP contribution in [0.1, 0.15) is 34.2 Å². The molecule has 2 rings (SSSR count). The molecule has 0 bridgehead atoms. The molecule has 0 spiro atoms. The van der Waals surface area contributed by atoms with Crippen LogP contribution in [0.4, 0.5) is 0 Å². The van der Waals surface area contributed by atoms with Crippen molar-refractivity contribution in [2.24, 2.45) is 0 Å². The van der Waals surface area contributed by atoms with Crippen LogP contribution < -0.4 is 0 Å². The van der Waals surface area contributed by atoms with Gasteiger partial charge < -0.3 is 9.84 Å². The topological polar surface area (TPSA) is 62.7 Å². The fourth-order valence-electron chi connectivity index (χ4n) is 2.36. The van der Waals surface area contributed by atoms with Crippen molar-refractivity contribution in [3.8, 4) is 0 Å². The highest BCUT2D eigenvalue weighted by atomic mass is 32.1. The molecule has 2 heterocycles. The summed E-state index contributed by atoms with van der Waals surface area (Å²) in [5, 5.41) is 9.92. The van der Waals surface area contributed by atoms with Crippen LogP contribution in [0, 0.1) is 6.92 Å². The van der Waals surface area contributed by atoms with Gasteiger partial charge in [0.15, 0.2) is 5.69 Å². The lowest BCUT2D eigenvalue weighted by atomic mass is 10.2. The zero-order valence-corrected chi connectivity index (χ0v) is 11.7. The summed E-state index contributed by atoms with van der Waals surface area (Å²) in [6, 6.07) is 0. The standard InChI is InChI=1S/C12H18N2O3S/c1-7-4-14(5-8(2)17-7)6-10-11(12(15)16)13-9(3)18-10/h7-8H,4-6H2,1-3H3,(H,15,16). The average Bonchev–Trinajstić information content (AvgIpc) is 2.57. The van der Waals surface area contributed by atoms with E-state index in [1.54, 1.807) is 0 Å². The maximum absolute atomic E-state index is 11.1. The fourth-order valence-corrected chi connectivity index (χ4v) is 3.33. The smallest absolute Gasteiger partial charge is 0.355 e. The van der Waals surface area contributed by atoms with Crippen molar-refractivity contribution >= 4 is 17.3 Å². The third-order valence-corrected chi connectivity index (χ3v) is 3.82. The van der Waals surface area contributed by atoms with E-state index < -0.39 is 5.97 Å². The Hall–Kier alpha value is -0.980. The number of aryl methyl sites for hydroxylation is 1. The van der Waals surface area contributed by atoms with Gasteiger partial charge in [-0.05, 0) is 20.8 Å². The van der Waals surface area contributed by atoms with Crippen molar-refractivity contribution in [3.05, 3.63) is 15.6 Å². The Balaban J connectivity index is 2.11. The number of nitrogens with zero attached hydrogens (tertiary/aromatic N) is 2. The highest BCUT2D eigenvalue weighted by Gasteiger charge is 2.25. The third kappa shape index (κ3) is 3.07. The van der Waals surface area contributed by atoms with Gasteiger partial charge in [-0.25, -0.2) is 9.78 Å². The van der Waals surface area contributed by atoms with E-state index in [1.165, 1.54) is 11.3 Å². The first-order valence-corrected chi connectivity index (χ1v) is 6.84. The van der Waals surface area contributed by atoms with Gasteiger partial charge >= 0.3 is 5.97 Å². The van der Waals surface area contributed by atoms with Crippen molar-refractivity contribution in [3.63, 3.8) is 0 Å². The maximum atomic E-state index is 11.1. The summed E-state index contributed by atoms with van der Waals surface area (Å²) in [4.78, 5) is 18.3. The number of ether oxygens (including phenoxy) is 1. The molecule has 1 aliphatic rings. The van der Waals surface area contributed by atoms with Crippen LogP contribution >= 0.6 is 11.3 Å². The number of aromatic nitrogens is 1. The van der Waals surface area contributed by atoms with E-state index in [2.05, 4.69) is 9.88 Å². The number of aromatic carboxylic acids is 1. The molecule has 1 aromatic rings. The third-order valence-electron chi connectivity index (χ3n) is 2.87. The van der Waals surface area contributed by atoms with Crippen molar-refractivity contribution in [1.29, 1.82) is 0 Å². The summed E-state index contributed by atoms with van der Waals surface area (Å²) in [5.41, 5.74) is 0.198. The predicted octanol–water partition coefficient (Wildman–Crippen LogP) is 1.76. The van der Waals surface area contributed by atoms with Gasteiger partial charge in [0.25, 0.3) is 0 Å². The molecule has 1 fully saturated rings. The molecule has 100 valence electrons. The van der Waals surface area contributed by atoms with Crippen LogP contribution in [-0.2, 0) is 11.3 Å². The molecule has 1 N–H and O–H groups in total. The Morgan fingerprint density at radius 2 is 2.11 bits per heavy atom. The van der Waals surface area contributed by atoms with Crippen molar-refractivity contribution in [1.82, 2.24) is 9.88 Å². The molecular formula is C12H18N2O3S. The molecule has 6 heteroatoms. The van der Waals surface area contributed by atoms with E-state index in [0.29, 0.717) is 6.54 Å². The molecular weight excluding hydrogens is 252 g/mol. The second-order valence-corrected chi connectivity index (χ2v) is 6.05. The van der Waals surface area contributed by atoms with Gasteiger partial charge in [0.1, 0.15) is 0 Å². The summed E-state index contributed by atoms with van der Waals surface area (Å²) < 4.78 is 5.67. The molecule has 1 aromatic heterocycles. The van der Waals surface area contributed by atoms with Gasteiger partial charge in [-0.1, -0.05) is 0 Å². The number of hydrogen-bond acceptors (Lipinski definition) is 5. The Kier molecular flexibility index (Phi) is 3.99. The van der Waals surface area contributed by atoms with Crippen LogP contribution in [0.25, 0.3) is 0 Å². The first kappa shape index (κ1) is 13.5. The Morgan fingerprint density at radius 1 is 1.50 bits per heavy atom. The normalized spacial score (nSPS) is 25.3. The number of carbonyl (C=O) groups is 1. The summed E-state index contributed by atoms with van der Waals surface area (Å²) in [5.74, 6) is -0.941. The number of morpholine rings is 1. The molecule has 2 atom stereocenters. The van der Waals surface area contributed by atoms with Gasteiger partial charge in [0, 0.05) is 19.6 Å². The molecule has 18 heavy (non-hydrogen) atoms. The Bertz CT molecular complexity index is 437. The number of hydrogen-bond donors (Lipinski definition) is 1. The summed E-state index contributed by atoms with van der Waals surface area (Å²) >= 11 is 1.46. The molecule has 2 unspecified atom stereocenters. The zero-order valence-electron chi connectivity index (χ0n) is 10.8. The second kappa shape index (κ2) is 5.34. The molecule has 0 aromatic carbocycles. The zero-order chi connectivity index (χ0) is 13.3. The van der Waals surface area contributed by atoms with Gasteiger partial charge in [-0.2, -0.15) is 0 Å². The summed E-state index contributed by atoms with van der Waals surface area (Å²) in [6.07, 6.45) is 0.382. The van der Waals surface area contributed by atoms with E-state index in [0.717, 1.165) is 23.0 Å². The number of carboxylic acids is 1. The molecule has 0 aliphatic carbocycles. The molecule has 1 aliphatic heterocycles. The molecule has 5 nitrogen and oxygen atoms in total. The largest absolute Gasteiger partial charge is 0.476 e. The maximum Gasteiger partial charge on any atom is 0.355 e.